The zero-order chi connectivity index (χ0) is 16.2. The zero-order valence-electron chi connectivity index (χ0n) is 13.5. The highest BCUT2D eigenvalue weighted by molar-refractivity contribution is 5.92. The van der Waals surface area contributed by atoms with E-state index in [0.717, 1.165) is 5.56 Å². The van der Waals surface area contributed by atoms with E-state index in [9.17, 15) is 4.79 Å². The van der Waals surface area contributed by atoms with Crippen LogP contribution in [0.4, 0.5) is 5.95 Å². The third-order valence-electron chi connectivity index (χ3n) is 2.95. The van der Waals surface area contributed by atoms with Crippen molar-refractivity contribution in [3.05, 3.63) is 53.3 Å². The van der Waals surface area contributed by atoms with Gasteiger partial charge >= 0.3 is 0 Å². The first-order valence-corrected chi connectivity index (χ1v) is 7.28. The SMILES string of the molecule is Cc1ccc(CNC(=O)c2ccnc(NC(C)(C)C)n2)cc1. The summed E-state index contributed by atoms with van der Waals surface area (Å²) in [5.74, 6) is 0.246. The Bertz CT molecular complexity index is 644. The minimum atomic E-state index is -0.208. The Hall–Kier alpha value is -2.43. The first-order valence-electron chi connectivity index (χ1n) is 7.28. The van der Waals surface area contributed by atoms with E-state index < -0.39 is 0 Å². The standard InChI is InChI=1S/C17H22N4O/c1-12-5-7-13(8-6-12)11-19-15(22)14-9-10-18-16(20-14)21-17(2,3)4/h5-10H,11H2,1-4H3,(H,19,22)(H,18,20,21). The van der Waals surface area contributed by atoms with Crippen LogP contribution in [0.25, 0.3) is 0 Å². The van der Waals surface area contributed by atoms with E-state index >= 15 is 0 Å². The van der Waals surface area contributed by atoms with Crippen molar-refractivity contribution in [1.82, 2.24) is 15.3 Å². The van der Waals surface area contributed by atoms with Crippen molar-refractivity contribution in [2.24, 2.45) is 0 Å². The first kappa shape index (κ1) is 15.9. The van der Waals surface area contributed by atoms with Crippen LogP contribution in [0.5, 0.6) is 0 Å². The minimum absolute atomic E-state index is 0.156. The number of aryl methyl sites for hydroxylation is 1. The normalized spacial score (nSPS) is 11.1. The van der Waals surface area contributed by atoms with Gasteiger partial charge < -0.3 is 10.6 Å². The smallest absolute Gasteiger partial charge is 0.270 e. The Morgan fingerprint density at radius 2 is 1.82 bits per heavy atom. The summed E-state index contributed by atoms with van der Waals surface area (Å²) in [5, 5.41) is 6.02. The molecule has 1 amide bonds. The molecule has 0 saturated carbocycles. The van der Waals surface area contributed by atoms with Crippen molar-refractivity contribution in [2.45, 2.75) is 39.8 Å². The number of anilines is 1. The van der Waals surface area contributed by atoms with Gasteiger partial charge in [-0.15, -0.1) is 0 Å². The van der Waals surface area contributed by atoms with Crippen LogP contribution in [-0.2, 0) is 6.54 Å². The number of carbonyl (C=O) groups excluding carboxylic acids is 1. The van der Waals surface area contributed by atoms with Gasteiger partial charge in [-0.05, 0) is 39.3 Å². The van der Waals surface area contributed by atoms with Crippen molar-refractivity contribution < 1.29 is 4.79 Å². The van der Waals surface area contributed by atoms with Crippen molar-refractivity contribution in [1.29, 1.82) is 0 Å². The van der Waals surface area contributed by atoms with Gasteiger partial charge in [-0.1, -0.05) is 29.8 Å². The summed E-state index contributed by atoms with van der Waals surface area (Å²) in [6.07, 6.45) is 1.59. The highest BCUT2D eigenvalue weighted by Crippen LogP contribution is 2.10. The predicted octanol–water partition coefficient (Wildman–Crippen LogP) is 2.93. The summed E-state index contributed by atoms with van der Waals surface area (Å²) >= 11 is 0. The number of benzene rings is 1. The highest BCUT2D eigenvalue weighted by atomic mass is 16.1. The van der Waals surface area contributed by atoms with Crippen LogP contribution in [0.15, 0.2) is 36.5 Å². The molecule has 22 heavy (non-hydrogen) atoms. The van der Waals surface area contributed by atoms with Crippen molar-refractivity contribution in [3.63, 3.8) is 0 Å². The maximum Gasteiger partial charge on any atom is 0.270 e. The van der Waals surface area contributed by atoms with Gasteiger partial charge in [0.05, 0.1) is 0 Å². The fraction of sp³-hybridized carbons (Fsp3) is 0.353. The van der Waals surface area contributed by atoms with Crippen LogP contribution in [0.1, 0.15) is 42.4 Å². The molecule has 2 aromatic rings. The van der Waals surface area contributed by atoms with Crippen LogP contribution in [0.2, 0.25) is 0 Å². The molecule has 0 radical (unpaired) electrons. The Labute approximate surface area is 131 Å². The molecule has 2 N–H and O–H groups in total. The molecule has 1 aromatic carbocycles. The van der Waals surface area contributed by atoms with E-state index in [2.05, 4.69) is 20.6 Å². The molecule has 5 heteroatoms. The molecule has 0 bridgehead atoms. The molecule has 0 atom stereocenters. The maximum atomic E-state index is 12.2. The summed E-state index contributed by atoms with van der Waals surface area (Å²) in [7, 11) is 0. The van der Waals surface area contributed by atoms with Gasteiger partial charge in [0.15, 0.2) is 0 Å². The number of hydrogen-bond acceptors (Lipinski definition) is 4. The molecule has 0 aliphatic rings. The zero-order valence-corrected chi connectivity index (χ0v) is 13.5. The summed E-state index contributed by atoms with van der Waals surface area (Å²) in [4.78, 5) is 20.6. The lowest BCUT2D eigenvalue weighted by Crippen LogP contribution is -2.29. The Morgan fingerprint density at radius 3 is 2.45 bits per heavy atom. The predicted molar refractivity (Wildman–Crippen MR) is 87.8 cm³/mol. The van der Waals surface area contributed by atoms with Gasteiger partial charge in [0.25, 0.3) is 5.91 Å². The molecule has 0 spiro atoms. The summed E-state index contributed by atoms with van der Waals surface area (Å²) in [6.45, 7) is 8.56. The number of rotatable bonds is 4. The fourth-order valence-electron chi connectivity index (χ4n) is 1.86. The van der Waals surface area contributed by atoms with Crippen LogP contribution in [-0.4, -0.2) is 21.4 Å². The molecule has 2 rings (SSSR count). The molecule has 1 aromatic heterocycles. The molecule has 0 unspecified atom stereocenters. The third kappa shape index (κ3) is 4.84. The monoisotopic (exact) mass is 298 g/mol. The Balaban J connectivity index is 2.00. The molecule has 1 heterocycles. The summed E-state index contributed by atoms with van der Waals surface area (Å²) in [6, 6.07) is 9.66. The van der Waals surface area contributed by atoms with Gasteiger partial charge in [0.2, 0.25) is 5.95 Å². The van der Waals surface area contributed by atoms with E-state index in [0.29, 0.717) is 18.2 Å². The second kappa shape index (κ2) is 6.56. The molecule has 0 aliphatic carbocycles. The van der Waals surface area contributed by atoms with Crippen LogP contribution in [0.3, 0.4) is 0 Å². The number of carbonyl (C=O) groups is 1. The minimum Gasteiger partial charge on any atom is -0.350 e. The molecule has 0 saturated heterocycles. The number of hydrogen-bond donors (Lipinski definition) is 2. The number of aromatic nitrogens is 2. The Morgan fingerprint density at radius 1 is 1.14 bits per heavy atom. The quantitative estimate of drug-likeness (QED) is 0.910. The van der Waals surface area contributed by atoms with Crippen LogP contribution >= 0.6 is 0 Å². The highest BCUT2D eigenvalue weighted by Gasteiger charge is 2.13. The van der Waals surface area contributed by atoms with E-state index in [1.54, 1.807) is 12.3 Å². The van der Waals surface area contributed by atoms with E-state index in [1.165, 1.54) is 5.56 Å². The summed E-state index contributed by atoms with van der Waals surface area (Å²) in [5.41, 5.74) is 2.45. The average Bonchev–Trinajstić information content (AvgIpc) is 2.45. The lowest BCUT2D eigenvalue weighted by molar-refractivity contribution is 0.0946. The number of amides is 1. The van der Waals surface area contributed by atoms with Gasteiger partial charge in [-0.2, -0.15) is 0 Å². The number of nitrogens with zero attached hydrogens (tertiary/aromatic N) is 2. The van der Waals surface area contributed by atoms with E-state index in [1.807, 2.05) is 52.0 Å². The maximum absolute atomic E-state index is 12.2. The van der Waals surface area contributed by atoms with Crippen molar-refractivity contribution in [3.8, 4) is 0 Å². The first-order chi connectivity index (χ1) is 10.3. The van der Waals surface area contributed by atoms with E-state index in [-0.39, 0.29) is 11.4 Å². The third-order valence-corrected chi connectivity index (χ3v) is 2.95. The van der Waals surface area contributed by atoms with Gasteiger partial charge in [-0.25, -0.2) is 9.97 Å². The molecular weight excluding hydrogens is 276 g/mol. The largest absolute Gasteiger partial charge is 0.350 e. The van der Waals surface area contributed by atoms with Crippen LogP contribution in [0, 0.1) is 6.92 Å². The fourth-order valence-corrected chi connectivity index (χ4v) is 1.86. The molecule has 116 valence electrons. The Kier molecular flexibility index (Phi) is 4.75. The average molecular weight is 298 g/mol. The van der Waals surface area contributed by atoms with Gasteiger partial charge in [0, 0.05) is 18.3 Å². The lowest BCUT2D eigenvalue weighted by atomic mass is 10.1. The lowest BCUT2D eigenvalue weighted by Gasteiger charge is -2.20. The summed E-state index contributed by atoms with van der Waals surface area (Å²) < 4.78 is 0. The van der Waals surface area contributed by atoms with Crippen LogP contribution < -0.4 is 10.6 Å². The van der Waals surface area contributed by atoms with Crippen molar-refractivity contribution >= 4 is 11.9 Å². The molecule has 5 nitrogen and oxygen atoms in total. The van der Waals surface area contributed by atoms with Gasteiger partial charge in [0.1, 0.15) is 5.69 Å². The molecular formula is C17H22N4O. The number of nitrogens with one attached hydrogen (secondary N) is 2. The van der Waals surface area contributed by atoms with Crippen molar-refractivity contribution in [2.75, 3.05) is 5.32 Å². The molecule has 0 aliphatic heterocycles. The topological polar surface area (TPSA) is 66.9 Å². The second-order valence-corrected chi connectivity index (χ2v) is 6.31. The molecule has 0 fully saturated rings. The van der Waals surface area contributed by atoms with Gasteiger partial charge in [-0.3, -0.25) is 4.79 Å². The van der Waals surface area contributed by atoms with E-state index in [4.69, 9.17) is 0 Å². The second-order valence-electron chi connectivity index (χ2n) is 6.31.